The van der Waals surface area contributed by atoms with Crippen LogP contribution in [0.15, 0.2) is 18.2 Å². The molecule has 0 bridgehead atoms. The number of thiazole rings is 1. The standard InChI is InChI=1S/C14H14F3N3O2S/c1-20(12(21)10-3-2-6-18-10)13-19-9-5-4-8(7-11(9)23-13)22-14(15,16)17/h4-5,7,10,18H,2-3,6H2,1H3/t10-/m0/s1. The molecule has 1 aliphatic heterocycles. The summed E-state index contributed by atoms with van der Waals surface area (Å²) >= 11 is 1.15. The number of ether oxygens (including phenoxy) is 1. The number of anilines is 1. The van der Waals surface area contributed by atoms with E-state index >= 15 is 0 Å². The maximum Gasteiger partial charge on any atom is 0.573 e. The van der Waals surface area contributed by atoms with Crippen LogP contribution in [0.1, 0.15) is 12.8 Å². The summed E-state index contributed by atoms with van der Waals surface area (Å²) in [6, 6.07) is 3.70. The molecule has 0 spiro atoms. The number of rotatable bonds is 3. The molecule has 2 heterocycles. The molecule has 1 fully saturated rings. The van der Waals surface area contributed by atoms with Gasteiger partial charge in [-0.05, 0) is 31.5 Å². The fraction of sp³-hybridized carbons (Fsp3) is 0.429. The molecule has 0 aliphatic carbocycles. The van der Waals surface area contributed by atoms with Gasteiger partial charge < -0.3 is 10.1 Å². The number of carbonyl (C=O) groups is 1. The second-order valence-corrected chi connectivity index (χ2v) is 6.23. The van der Waals surface area contributed by atoms with Crippen molar-refractivity contribution in [1.82, 2.24) is 10.3 Å². The van der Waals surface area contributed by atoms with Gasteiger partial charge in [0.2, 0.25) is 5.91 Å². The van der Waals surface area contributed by atoms with Gasteiger partial charge in [-0.15, -0.1) is 13.2 Å². The van der Waals surface area contributed by atoms with Crippen molar-refractivity contribution in [3.05, 3.63) is 18.2 Å². The summed E-state index contributed by atoms with van der Waals surface area (Å²) < 4.78 is 41.2. The number of alkyl halides is 3. The Kier molecular flexibility index (Phi) is 4.15. The second-order valence-electron chi connectivity index (χ2n) is 5.22. The highest BCUT2D eigenvalue weighted by molar-refractivity contribution is 7.22. The number of hydrogen-bond donors (Lipinski definition) is 1. The molecule has 1 aromatic heterocycles. The highest BCUT2D eigenvalue weighted by atomic mass is 32.1. The number of fused-ring (bicyclic) bond motifs is 1. The van der Waals surface area contributed by atoms with Crippen LogP contribution in [0.4, 0.5) is 18.3 Å². The Hall–Kier alpha value is -1.87. The van der Waals surface area contributed by atoms with Crippen LogP contribution < -0.4 is 15.0 Å². The van der Waals surface area contributed by atoms with E-state index in [0.717, 1.165) is 30.7 Å². The zero-order valence-corrected chi connectivity index (χ0v) is 13.0. The zero-order valence-electron chi connectivity index (χ0n) is 12.2. The Labute approximate surface area is 134 Å². The van der Waals surface area contributed by atoms with Crippen LogP contribution in [-0.2, 0) is 4.79 Å². The highest BCUT2D eigenvalue weighted by Gasteiger charge is 2.31. The molecule has 23 heavy (non-hydrogen) atoms. The fourth-order valence-electron chi connectivity index (χ4n) is 2.46. The minimum Gasteiger partial charge on any atom is -0.406 e. The predicted molar refractivity (Wildman–Crippen MR) is 80.7 cm³/mol. The smallest absolute Gasteiger partial charge is 0.406 e. The molecule has 2 aromatic rings. The van der Waals surface area contributed by atoms with Gasteiger partial charge in [0.1, 0.15) is 5.75 Å². The fourth-order valence-corrected chi connectivity index (χ4v) is 3.42. The van der Waals surface area contributed by atoms with Crippen LogP contribution in [0.2, 0.25) is 0 Å². The van der Waals surface area contributed by atoms with E-state index < -0.39 is 6.36 Å². The van der Waals surface area contributed by atoms with Crippen LogP contribution in [-0.4, -0.2) is 36.9 Å². The van der Waals surface area contributed by atoms with E-state index in [2.05, 4.69) is 15.0 Å². The van der Waals surface area contributed by atoms with Gasteiger partial charge >= 0.3 is 6.36 Å². The van der Waals surface area contributed by atoms with Gasteiger partial charge in [-0.1, -0.05) is 11.3 Å². The van der Waals surface area contributed by atoms with Gasteiger partial charge in [-0.3, -0.25) is 9.69 Å². The maximum atomic E-state index is 12.3. The molecule has 1 aliphatic rings. The number of nitrogens with one attached hydrogen (secondary N) is 1. The van der Waals surface area contributed by atoms with Gasteiger partial charge in [0, 0.05) is 13.1 Å². The summed E-state index contributed by atoms with van der Waals surface area (Å²) in [4.78, 5) is 18.1. The van der Waals surface area contributed by atoms with Gasteiger partial charge in [-0.2, -0.15) is 0 Å². The molecular weight excluding hydrogens is 331 g/mol. The SMILES string of the molecule is CN(C(=O)[C@@H]1CCCN1)c1nc2ccc(OC(F)(F)F)cc2s1. The molecule has 1 amide bonds. The molecule has 1 aromatic carbocycles. The average Bonchev–Trinajstić information content (AvgIpc) is 3.12. The number of amides is 1. The van der Waals surface area contributed by atoms with Crippen molar-refractivity contribution in [2.24, 2.45) is 0 Å². The maximum absolute atomic E-state index is 12.3. The number of aromatic nitrogens is 1. The van der Waals surface area contributed by atoms with Crippen molar-refractivity contribution in [2.75, 3.05) is 18.5 Å². The van der Waals surface area contributed by atoms with Gasteiger partial charge in [0.15, 0.2) is 5.13 Å². The molecule has 0 radical (unpaired) electrons. The topological polar surface area (TPSA) is 54.5 Å². The number of nitrogens with zero attached hydrogens (tertiary/aromatic N) is 2. The Morgan fingerprint density at radius 3 is 2.91 bits per heavy atom. The lowest BCUT2D eigenvalue weighted by Gasteiger charge is -2.18. The van der Waals surface area contributed by atoms with Crippen LogP contribution in [0.3, 0.4) is 0 Å². The zero-order chi connectivity index (χ0) is 16.6. The lowest BCUT2D eigenvalue weighted by atomic mass is 10.2. The molecule has 1 atom stereocenters. The Bertz CT molecular complexity index is 726. The predicted octanol–water partition coefficient (Wildman–Crippen LogP) is 2.91. The minimum absolute atomic E-state index is 0.0895. The van der Waals surface area contributed by atoms with Crippen molar-refractivity contribution in [3.63, 3.8) is 0 Å². The molecule has 0 unspecified atom stereocenters. The van der Waals surface area contributed by atoms with Crippen molar-refractivity contribution in [1.29, 1.82) is 0 Å². The summed E-state index contributed by atoms with van der Waals surface area (Å²) in [7, 11) is 1.62. The third-order valence-corrected chi connectivity index (χ3v) is 4.65. The number of benzene rings is 1. The summed E-state index contributed by atoms with van der Waals surface area (Å²) in [6.45, 7) is 0.808. The van der Waals surface area contributed by atoms with Crippen LogP contribution >= 0.6 is 11.3 Å². The molecule has 3 rings (SSSR count). The summed E-state index contributed by atoms with van der Waals surface area (Å²) in [5.74, 6) is -0.389. The molecule has 0 saturated carbocycles. The monoisotopic (exact) mass is 345 g/mol. The Morgan fingerprint density at radius 2 is 2.26 bits per heavy atom. The largest absolute Gasteiger partial charge is 0.573 e. The van der Waals surface area contributed by atoms with Crippen LogP contribution in [0.25, 0.3) is 10.2 Å². The van der Waals surface area contributed by atoms with E-state index in [-0.39, 0.29) is 17.7 Å². The number of likely N-dealkylation sites (N-methyl/N-ethyl adjacent to an activating group) is 1. The molecule has 1 N–H and O–H groups in total. The number of carbonyl (C=O) groups excluding carboxylic acids is 1. The minimum atomic E-state index is -4.73. The van der Waals surface area contributed by atoms with Crippen molar-refractivity contribution in [3.8, 4) is 5.75 Å². The first kappa shape index (κ1) is 16.0. The first-order chi connectivity index (χ1) is 10.8. The number of halogens is 3. The van der Waals surface area contributed by atoms with E-state index in [1.54, 1.807) is 7.05 Å². The highest BCUT2D eigenvalue weighted by Crippen LogP contribution is 2.33. The summed E-state index contributed by atoms with van der Waals surface area (Å²) in [5, 5.41) is 3.56. The van der Waals surface area contributed by atoms with Crippen LogP contribution in [0, 0.1) is 0 Å². The Morgan fingerprint density at radius 1 is 1.48 bits per heavy atom. The van der Waals surface area contributed by atoms with E-state index in [1.807, 2.05) is 0 Å². The first-order valence-corrected chi connectivity index (χ1v) is 7.82. The number of hydrogen-bond acceptors (Lipinski definition) is 5. The van der Waals surface area contributed by atoms with Crippen molar-refractivity contribution >= 4 is 32.6 Å². The van der Waals surface area contributed by atoms with Gasteiger partial charge in [0.25, 0.3) is 0 Å². The lowest BCUT2D eigenvalue weighted by molar-refractivity contribution is -0.274. The molecular formula is C14H14F3N3O2S. The third-order valence-electron chi connectivity index (χ3n) is 3.56. The molecule has 5 nitrogen and oxygen atoms in total. The first-order valence-electron chi connectivity index (χ1n) is 7.01. The van der Waals surface area contributed by atoms with E-state index in [4.69, 9.17) is 0 Å². The van der Waals surface area contributed by atoms with Crippen molar-refractivity contribution in [2.45, 2.75) is 25.2 Å². The Balaban J connectivity index is 1.83. The van der Waals surface area contributed by atoms with Crippen molar-refractivity contribution < 1.29 is 22.7 Å². The van der Waals surface area contributed by atoms with Gasteiger partial charge in [0.05, 0.1) is 16.3 Å². The lowest BCUT2D eigenvalue weighted by Crippen LogP contribution is -2.41. The van der Waals surface area contributed by atoms with E-state index in [0.29, 0.717) is 15.3 Å². The molecule has 124 valence electrons. The third kappa shape index (κ3) is 3.56. The summed E-state index contributed by atoms with van der Waals surface area (Å²) in [5.41, 5.74) is 0.526. The second kappa shape index (κ2) is 5.97. The molecule has 1 saturated heterocycles. The quantitative estimate of drug-likeness (QED) is 0.929. The summed E-state index contributed by atoms with van der Waals surface area (Å²) in [6.07, 6.45) is -3.01. The average molecular weight is 345 g/mol. The normalized spacial score (nSPS) is 18.3. The van der Waals surface area contributed by atoms with Gasteiger partial charge in [-0.25, -0.2) is 4.98 Å². The van der Waals surface area contributed by atoms with E-state index in [1.165, 1.54) is 23.1 Å². The molecule has 9 heteroatoms. The van der Waals surface area contributed by atoms with E-state index in [9.17, 15) is 18.0 Å². The van der Waals surface area contributed by atoms with Crippen LogP contribution in [0.5, 0.6) is 5.75 Å².